The van der Waals surface area contributed by atoms with E-state index in [9.17, 15) is 0 Å². The molecule has 1 fully saturated rings. The van der Waals surface area contributed by atoms with Gasteiger partial charge in [0, 0.05) is 19.7 Å². The predicted octanol–water partition coefficient (Wildman–Crippen LogP) is 2.45. The maximum absolute atomic E-state index is 6.06. The molecule has 3 heteroatoms. The van der Waals surface area contributed by atoms with E-state index in [1.165, 1.54) is 24.0 Å². The molecule has 1 aliphatic carbocycles. The molecule has 1 atom stereocenters. The summed E-state index contributed by atoms with van der Waals surface area (Å²) in [6, 6.07) is 7.00. The molecule has 18 heavy (non-hydrogen) atoms. The summed E-state index contributed by atoms with van der Waals surface area (Å²) in [6.07, 6.45) is 2.67. The van der Waals surface area contributed by atoms with Crippen molar-refractivity contribution in [3.05, 3.63) is 29.3 Å². The molecular formula is C15H23NO2. The van der Waals surface area contributed by atoms with Gasteiger partial charge in [-0.3, -0.25) is 0 Å². The highest BCUT2D eigenvalue weighted by atomic mass is 16.5. The smallest absolute Gasteiger partial charge is 0.134 e. The summed E-state index contributed by atoms with van der Waals surface area (Å²) in [5.41, 5.74) is 2.40. The number of aryl methyl sites for hydroxylation is 2. The number of nitrogens with one attached hydrogen (secondary N) is 1. The van der Waals surface area contributed by atoms with Crippen LogP contribution >= 0.6 is 0 Å². The van der Waals surface area contributed by atoms with Crippen LogP contribution in [0.3, 0.4) is 0 Å². The van der Waals surface area contributed by atoms with E-state index in [0.717, 1.165) is 12.3 Å². The second-order valence-electron chi connectivity index (χ2n) is 5.15. The lowest BCUT2D eigenvalue weighted by Gasteiger charge is -2.20. The molecule has 0 amide bonds. The Balaban J connectivity index is 1.94. The molecule has 0 aromatic heterocycles. The lowest BCUT2D eigenvalue weighted by molar-refractivity contribution is 0.0799. The standard InChI is InChI=1S/C15H23NO2/c1-11-4-5-12(2)15(8-11)18-14(10-17-3)9-16-13-6-7-13/h4-5,8,13-14,16H,6-7,9-10H2,1-3H3. The third-order valence-electron chi connectivity index (χ3n) is 3.20. The molecule has 100 valence electrons. The van der Waals surface area contributed by atoms with Crippen molar-refractivity contribution in [2.24, 2.45) is 0 Å². The summed E-state index contributed by atoms with van der Waals surface area (Å²) < 4.78 is 11.3. The number of methoxy groups -OCH3 is 1. The molecule has 0 bridgehead atoms. The van der Waals surface area contributed by atoms with Crippen LogP contribution in [0.25, 0.3) is 0 Å². The summed E-state index contributed by atoms with van der Waals surface area (Å²) >= 11 is 0. The monoisotopic (exact) mass is 249 g/mol. The summed E-state index contributed by atoms with van der Waals surface area (Å²) in [4.78, 5) is 0. The summed E-state index contributed by atoms with van der Waals surface area (Å²) in [5, 5.41) is 3.49. The number of ether oxygens (including phenoxy) is 2. The van der Waals surface area contributed by atoms with Crippen molar-refractivity contribution in [1.29, 1.82) is 0 Å². The fraction of sp³-hybridized carbons (Fsp3) is 0.600. The zero-order valence-corrected chi connectivity index (χ0v) is 11.5. The van der Waals surface area contributed by atoms with Crippen LogP contribution in [0.4, 0.5) is 0 Å². The lowest BCUT2D eigenvalue weighted by Crippen LogP contribution is -2.36. The van der Waals surface area contributed by atoms with Gasteiger partial charge in [-0.2, -0.15) is 0 Å². The molecule has 1 N–H and O–H groups in total. The topological polar surface area (TPSA) is 30.5 Å². The summed E-state index contributed by atoms with van der Waals surface area (Å²) in [5.74, 6) is 0.967. The molecule has 1 aromatic carbocycles. The normalized spacial score (nSPS) is 16.6. The highest BCUT2D eigenvalue weighted by Crippen LogP contribution is 2.22. The molecule has 1 aliphatic rings. The fourth-order valence-electron chi connectivity index (χ4n) is 1.92. The van der Waals surface area contributed by atoms with Crippen molar-refractivity contribution in [3.8, 4) is 5.75 Å². The first-order chi connectivity index (χ1) is 8.69. The van der Waals surface area contributed by atoms with E-state index in [2.05, 4.69) is 37.4 Å². The minimum absolute atomic E-state index is 0.0797. The van der Waals surface area contributed by atoms with Crippen molar-refractivity contribution < 1.29 is 9.47 Å². The van der Waals surface area contributed by atoms with Crippen molar-refractivity contribution in [3.63, 3.8) is 0 Å². The van der Waals surface area contributed by atoms with Gasteiger partial charge in [0.2, 0.25) is 0 Å². The van der Waals surface area contributed by atoms with Crippen LogP contribution in [0.1, 0.15) is 24.0 Å². The van der Waals surface area contributed by atoms with E-state index < -0.39 is 0 Å². The highest BCUT2D eigenvalue weighted by molar-refractivity contribution is 5.36. The highest BCUT2D eigenvalue weighted by Gasteiger charge is 2.22. The largest absolute Gasteiger partial charge is 0.486 e. The minimum atomic E-state index is 0.0797. The third kappa shape index (κ3) is 4.00. The second kappa shape index (κ2) is 6.21. The van der Waals surface area contributed by atoms with Gasteiger partial charge in [-0.15, -0.1) is 0 Å². The Labute approximate surface area is 109 Å². The molecule has 0 radical (unpaired) electrons. The summed E-state index contributed by atoms with van der Waals surface area (Å²) in [6.45, 7) is 5.63. The van der Waals surface area contributed by atoms with Crippen LogP contribution in [-0.2, 0) is 4.74 Å². The lowest BCUT2D eigenvalue weighted by atomic mass is 10.1. The average Bonchev–Trinajstić information content (AvgIpc) is 3.15. The van der Waals surface area contributed by atoms with E-state index in [0.29, 0.717) is 12.6 Å². The third-order valence-corrected chi connectivity index (χ3v) is 3.20. The second-order valence-corrected chi connectivity index (χ2v) is 5.15. The molecule has 0 aliphatic heterocycles. The van der Waals surface area contributed by atoms with Crippen molar-refractivity contribution in [2.45, 2.75) is 38.8 Å². The maximum atomic E-state index is 6.06. The molecule has 0 spiro atoms. The van der Waals surface area contributed by atoms with E-state index in [1.54, 1.807) is 7.11 Å². The van der Waals surface area contributed by atoms with Crippen LogP contribution in [0.2, 0.25) is 0 Å². The molecule has 1 aromatic rings. The Morgan fingerprint density at radius 1 is 1.33 bits per heavy atom. The van der Waals surface area contributed by atoms with Crippen LogP contribution in [0.15, 0.2) is 18.2 Å². The molecular weight excluding hydrogens is 226 g/mol. The number of hydrogen-bond donors (Lipinski definition) is 1. The van der Waals surface area contributed by atoms with Gasteiger partial charge in [-0.05, 0) is 43.9 Å². The van der Waals surface area contributed by atoms with Crippen LogP contribution in [0.5, 0.6) is 5.75 Å². The van der Waals surface area contributed by atoms with Gasteiger partial charge < -0.3 is 14.8 Å². The van der Waals surface area contributed by atoms with Crippen LogP contribution in [-0.4, -0.2) is 32.4 Å². The van der Waals surface area contributed by atoms with E-state index in [-0.39, 0.29) is 6.10 Å². The Bertz CT molecular complexity index is 388. The zero-order valence-electron chi connectivity index (χ0n) is 11.5. The Kier molecular flexibility index (Phi) is 4.61. The first-order valence-electron chi connectivity index (χ1n) is 6.65. The Morgan fingerprint density at radius 2 is 2.11 bits per heavy atom. The average molecular weight is 249 g/mol. The van der Waals surface area contributed by atoms with E-state index >= 15 is 0 Å². The van der Waals surface area contributed by atoms with Crippen molar-refractivity contribution in [1.82, 2.24) is 5.32 Å². The van der Waals surface area contributed by atoms with E-state index in [4.69, 9.17) is 9.47 Å². The van der Waals surface area contributed by atoms with Gasteiger partial charge in [-0.1, -0.05) is 12.1 Å². The molecule has 2 rings (SSSR count). The van der Waals surface area contributed by atoms with Crippen LogP contribution in [0, 0.1) is 13.8 Å². The van der Waals surface area contributed by atoms with Gasteiger partial charge in [-0.25, -0.2) is 0 Å². The zero-order chi connectivity index (χ0) is 13.0. The quantitative estimate of drug-likeness (QED) is 0.805. The Morgan fingerprint density at radius 3 is 2.78 bits per heavy atom. The molecule has 1 unspecified atom stereocenters. The molecule has 1 saturated carbocycles. The number of rotatable bonds is 7. The Hall–Kier alpha value is -1.06. The van der Waals surface area contributed by atoms with Gasteiger partial charge >= 0.3 is 0 Å². The summed E-state index contributed by atoms with van der Waals surface area (Å²) in [7, 11) is 1.72. The van der Waals surface area contributed by atoms with E-state index in [1.807, 2.05) is 0 Å². The minimum Gasteiger partial charge on any atom is -0.486 e. The number of benzene rings is 1. The SMILES string of the molecule is COCC(CNC1CC1)Oc1cc(C)ccc1C. The predicted molar refractivity (Wildman–Crippen MR) is 73.2 cm³/mol. The van der Waals surface area contributed by atoms with Gasteiger partial charge in [0.05, 0.1) is 6.61 Å². The van der Waals surface area contributed by atoms with Gasteiger partial charge in [0.25, 0.3) is 0 Å². The maximum Gasteiger partial charge on any atom is 0.134 e. The van der Waals surface area contributed by atoms with Crippen molar-refractivity contribution >= 4 is 0 Å². The first kappa shape index (κ1) is 13.4. The molecule has 3 nitrogen and oxygen atoms in total. The van der Waals surface area contributed by atoms with Crippen molar-refractivity contribution in [2.75, 3.05) is 20.3 Å². The molecule has 0 heterocycles. The van der Waals surface area contributed by atoms with Gasteiger partial charge in [0.1, 0.15) is 11.9 Å². The molecule has 0 saturated heterocycles. The van der Waals surface area contributed by atoms with Gasteiger partial charge in [0.15, 0.2) is 0 Å². The van der Waals surface area contributed by atoms with Crippen LogP contribution < -0.4 is 10.1 Å². The fourth-order valence-corrected chi connectivity index (χ4v) is 1.92. The number of hydrogen-bond acceptors (Lipinski definition) is 3. The first-order valence-corrected chi connectivity index (χ1v) is 6.65.